The van der Waals surface area contributed by atoms with Gasteiger partial charge < -0.3 is 4.74 Å². The Morgan fingerprint density at radius 3 is 2.69 bits per heavy atom. The first-order chi connectivity index (χ1) is 6.34. The molecule has 0 aromatic heterocycles. The Hall–Kier alpha value is -0.300. The molecule has 0 aromatic carbocycles. The van der Waals surface area contributed by atoms with Crippen molar-refractivity contribution < 1.29 is 4.74 Å². The van der Waals surface area contributed by atoms with Crippen molar-refractivity contribution in [3.8, 4) is 0 Å². The molecule has 0 saturated heterocycles. The number of ether oxygens (including phenoxy) is 1. The highest BCUT2D eigenvalue weighted by atomic mass is 16.5. The molecule has 1 nitrogen and oxygen atoms in total. The van der Waals surface area contributed by atoms with E-state index in [1.165, 1.54) is 25.7 Å². The van der Waals surface area contributed by atoms with Gasteiger partial charge in [-0.05, 0) is 32.1 Å². The molecular weight excluding hydrogens is 160 g/mol. The van der Waals surface area contributed by atoms with Gasteiger partial charge in [0.25, 0.3) is 0 Å². The van der Waals surface area contributed by atoms with Gasteiger partial charge in [-0.1, -0.05) is 31.4 Å². The summed E-state index contributed by atoms with van der Waals surface area (Å²) >= 11 is 0. The Balaban J connectivity index is 2.16. The summed E-state index contributed by atoms with van der Waals surface area (Å²) in [6.45, 7) is 6.11. The van der Waals surface area contributed by atoms with Crippen LogP contribution in [0.3, 0.4) is 0 Å². The zero-order valence-corrected chi connectivity index (χ0v) is 9.01. The second-order valence-electron chi connectivity index (χ2n) is 4.00. The second kappa shape index (κ2) is 6.20. The van der Waals surface area contributed by atoms with Crippen molar-refractivity contribution in [3.63, 3.8) is 0 Å². The van der Waals surface area contributed by atoms with Crippen LogP contribution in [0.2, 0.25) is 0 Å². The number of hydrogen-bond donors (Lipinski definition) is 0. The fourth-order valence-electron chi connectivity index (χ4n) is 1.97. The molecule has 0 N–H and O–H groups in total. The minimum absolute atomic E-state index is 0.816. The molecule has 0 unspecified atom stereocenters. The molecule has 13 heavy (non-hydrogen) atoms. The van der Waals surface area contributed by atoms with Crippen LogP contribution in [0.1, 0.15) is 46.0 Å². The molecule has 1 aliphatic rings. The van der Waals surface area contributed by atoms with Crippen LogP contribution in [0.15, 0.2) is 11.6 Å². The molecule has 0 spiro atoms. The highest BCUT2D eigenvalue weighted by molar-refractivity contribution is 5.05. The summed E-state index contributed by atoms with van der Waals surface area (Å²) in [5.41, 5.74) is 1.55. The van der Waals surface area contributed by atoms with Gasteiger partial charge in [0.2, 0.25) is 0 Å². The van der Waals surface area contributed by atoms with E-state index in [1.54, 1.807) is 5.57 Å². The zero-order valence-electron chi connectivity index (χ0n) is 9.01. The summed E-state index contributed by atoms with van der Waals surface area (Å²) in [5, 5.41) is 0. The van der Waals surface area contributed by atoms with Crippen molar-refractivity contribution in [2.45, 2.75) is 46.0 Å². The average molecular weight is 182 g/mol. The fraction of sp³-hybridized carbons (Fsp3) is 0.833. The first-order valence-corrected chi connectivity index (χ1v) is 5.59. The summed E-state index contributed by atoms with van der Waals surface area (Å²) in [7, 11) is 0. The predicted molar refractivity (Wildman–Crippen MR) is 56.8 cm³/mol. The highest BCUT2D eigenvalue weighted by Crippen LogP contribution is 2.30. The van der Waals surface area contributed by atoms with Crippen molar-refractivity contribution in [1.82, 2.24) is 0 Å². The lowest BCUT2D eigenvalue weighted by molar-refractivity contribution is 0.162. The van der Waals surface area contributed by atoms with Crippen LogP contribution in [0, 0.1) is 5.92 Å². The van der Waals surface area contributed by atoms with E-state index in [2.05, 4.69) is 19.9 Å². The summed E-state index contributed by atoms with van der Waals surface area (Å²) in [4.78, 5) is 0. The summed E-state index contributed by atoms with van der Waals surface area (Å²) in [6, 6.07) is 0. The summed E-state index contributed by atoms with van der Waals surface area (Å²) in [6.07, 6.45) is 9.03. The molecule has 0 aliphatic heterocycles. The van der Waals surface area contributed by atoms with Crippen LogP contribution in [-0.4, -0.2) is 13.2 Å². The van der Waals surface area contributed by atoms with Gasteiger partial charge in [-0.15, -0.1) is 0 Å². The fourth-order valence-corrected chi connectivity index (χ4v) is 1.97. The summed E-state index contributed by atoms with van der Waals surface area (Å²) in [5.74, 6) is 0.866. The van der Waals surface area contributed by atoms with Crippen molar-refractivity contribution >= 4 is 0 Å². The maximum absolute atomic E-state index is 5.44. The molecule has 0 aromatic rings. The number of allylic oxidation sites excluding steroid dienone is 1. The van der Waals surface area contributed by atoms with Gasteiger partial charge in [-0.3, -0.25) is 0 Å². The maximum atomic E-state index is 5.44. The van der Waals surface area contributed by atoms with Crippen LogP contribution in [-0.2, 0) is 4.74 Å². The van der Waals surface area contributed by atoms with E-state index >= 15 is 0 Å². The van der Waals surface area contributed by atoms with Crippen LogP contribution in [0.4, 0.5) is 0 Å². The van der Waals surface area contributed by atoms with Gasteiger partial charge in [-0.2, -0.15) is 0 Å². The van der Waals surface area contributed by atoms with Crippen molar-refractivity contribution in [2.75, 3.05) is 13.2 Å². The third-order valence-corrected chi connectivity index (χ3v) is 2.87. The van der Waals surface area contributed by atoms with Crippen LogP contribution in [0.5, 0.6) is 0 Å². The molecule has 1 heteroatoms. The molecule has 0 heterocycles. The first-order valence-electron chi connectivity index (χ1n) is 5.59. The van der Waals surface area contributed by atoms with Gasteiger partial charge in [-0.25, -0.2) is 0 Å². The van der Waals surface area contributed by atoms with Crippen molar-refractivity contribution in [2.24, 2.45) is 5.92 Å². The van der Waals surface area contributed by atoms with E-state index in [1.807, 2.05) is 0 Å². The smallest absolute Gasteiger partial charge is 0.0650 e. The molecule has 1 fully saturated rings. The van der Waals surface area contributed by atoms with Crippen molar-refractivity contribution in [3.05, 3.63) is 11.6 Å². The van der Waals surface area contributed by atoms with E-state index in [-0.39, 0.29) is 0 Å². The monoisotopic (exact) mass is 182 g/mol. The van der Waals surface area contributed by atoms with Gasteiger partial charge in [0.1, 0.15) is 0 Å². The topological polar surface area (TPSA) is 9.23 Å². The second-order valence-corrected chi connectivity index (χ2v) is 4.00. The maximum Gasteiger partial charge on any atom is 0.0650 e. The lowest BCUT2D eigenvalue weighted by atomic mass is 9.99. The van der Waals surface area contributed by atoms with E-state index < -0.39 is 0 Å². The van der Waals surface area contributed by atoms with E-state index in [4.69, 9.17) is 4.74 Å². The van der Waals surface area contributed by atoms with Crippen LogP contribution < -0.4 is 0 Å². The minimum Gasteiger partial charge on any atom is -0.377 e. The average Bonchev–Trinajstić information content (AvgIpc) is 2.65. The molecule has 76 valence electrons. The van der Waals surface area contributed by atoms with Crippen LogP contribution >= 0.6 is 0 Å². The molecule has 0 amide bonds. The number of hydrogen-bond acceptors (Lipinski definition) is 1. The Morgan fingerprint density at radius 1 is 1.38 bits per heavy atom. The molecule has 0 radical (unpaired) electrons. The van der Waals surface area contributed by atoms with Gasteiger partial charge in [0.05, 0.1) is 6.61 Å². The third kappa shape index (κ3) is 3.95. The normalized spacial score (nSPS) is 19.7. The predicted octanol–water partition coefficient (Wildman–Crippen LogP) is 3.55. The quantitative estimate of drug-likeness (QED) is 0.466. The van der Waals surface area contributed by atoms with E-state index in [0.717, 1.165) is 25.6 Å². The third-order valence-electron chi connectivity index (χ3n) is 2.87. The van der Waals surface area contributed by atoms with E-state index in [9.17, 15) is 0 Å². The molecule has 0 atom stereocenters. The van der Waals surface area contributed by atoms with Crippen LogP contribution in [0.25, 0.3) is 0 Å². The Bertz CT molecular complexity index is 155. The SMILES string of the molecule is CCCOC/C=C(\C)C1CCCC1. The van der Waals surface area contributed by atoms with Gasteiger partial charge >= 0.3 is 0 Å². The molecular formula is C12H22O. The zero-order chi connectivity index (χ0) is 9.52. The lowest BCUT2D eigenvalue weighted by Crippen LogP contribution is -1.98. The lowest BCUT2D eigenvalue weighted by Gasteiger charge is -2.09. The van der Waals surface area contributed by atoms with Gasteiger partial charge in [0, 0.05) is 6.61 Å². The van der Waals surface area contributed by atoms with Gasteiger partial charge in [0.15, 0.2) is 0 Å². The molecule has 1 rings (SSSR count). The molecule has 1 aliphatic carbocycles. The van der Waals surface area contributed by atoms with Crippen molar-refractivity contribution in [1.29, 1.82) is 0 Å². The van der Waals surface area contributed by atoms with E-state index in [0.29, 0.717) is 0 Å². The Morgan fingerprint density at radius 2 is 2.08 bits per heavy atom. The number of rotatable bonds is 5. The highest BCUT2D eigenvalue weighted by Gasteiger charge is 2.15. The standard InChI is InChI=1S/C12H22O/c1-3-9-13-10-8-11(2)12-6-4-5-7-12/h8,12H,3-7,9-10H2,1-2H3/b11-8+. The molecule has 1 saturated carbocycles. The largest absolute Gasteiger partial charge is 0.377 e. The first kappa shape index (κ1) is 10.8. The molecule has 0 bridgehead atoms. The Kier molecular flexibility index (Phi) is 5.14. The summed E-state index contributed by atoms with van der Waals surface area (Å²) < 4.78 is 5.44. The minimum atomic E-state index is 0.816. The Labute approximate surface area is 82.2 Å².